The van der Waals surface area contributed by atoms with E-state index >= 15 is 0 Å². The van der Waals surface area contributed by atoms with E-state index in [1.54, 1.807) is 42.5 Å². The molecule has 1 aliphatic rings. The van der Waals surface area contributed by atoms with Crippen LogP contribution in [0, 0.1) is 6.92 Å². The van der Waals surface area contributed by atoms with E-state index in [1.807, 2.05) is 19.9 Å². The molecule has 0 bridgehead atoms. The van der Waals surface area contributed by atoms with Crippen molar-refractivity contribution in [3.63, 3.8) is 0 Å². The lowest BCUT2D eigenvalue weighted by Crippen LogP contribution is -2.46. The molecule has 0 saturated carbocycles. The molecular formula is C23H24N2O5. The first-order valence-electron chi connectivity index (χ1n) is 9.92. The summed E-state index contributed by atoms with van der Waals surface area (Å²) < 4.78 is 5.18. The standard InChI is InChI=1S/C23H24N2O5/c1-3-4-12-19(25-21(27)17-10-5-6-11-18(17)22(25)28)23(29)30-14-20(26)24-16-9-7-8-15(2)13-16/h5-11,13,19H,3-4,12,14H2,1-2H3,(H,24,26)/t19-/m1/s1. The Morgan fingerprint density at radius 3 is 2.30 bits per heavy atom. The number of benzene rings is 2. The zero-order valence-corrected chi connectivity index (χ0v) is 17.0. The van der Waals surface area contributed by atoms with Crippen molar-refractivity contribution in [3.05, 3.63) is 65.2 Å². The van der Waals surface area contributed by atoms with E-state index in [-0.39, 0.29) is 17.5 Å². The van der Waals surface area contributed by atoms with Crippen LogP contribution >= 0.6 is 0 Å². The number of rotatable bonds is 8. The highest BCUT2D eigenvalue weighted by Gasteiger charge is 2.43. The molecule has 0 aromatic heterocycles. The lowest BCUT2D eigenvalue weighted by Gasteiger charge is -2.24. The Labute approximate surface area is 175 Å². The van der Waals surface area contributed by atoms with Crippen LogP contribution < -0.4 is 5.32 Å². The number of fused-ring (bicyclic) bond motifs is 1. The minimum atomic E-state index is -1.07. The minimum Gasteiger partial charge on any atom is -0.454 e. The molecule has 2 aromatic carbocycles. The summed E-state index contributed by atoms with van der Waals surface area (Å²) in [4.78, 5) is 51.3. The van der Waals surface area contributed by atoms with Crippen LogP contribution in [-0.4, -0.2) is 41.2 Å². The van der Waals surface area contributed by atoms with Gasteiger partial charge in [0.25, 0.3) is 17.7 Å². The molecule has 1 heterocycles. The molecule has 0 fully saturated rings. The number of hydrogen-bond donors (Lipinski definition) is 1. The molecule has 0 radical (unpaired) electrons. The smallest absolute Gasteiger partial charge is 0.329 e. The molecular weight excluding hydrogens is 384 g/mol. The highest BCUT2D eigenvalue weighted by atomic mass is 16.5. The number of imide groups is 1. The zero-order chi connectivity index (χ0) is 21.7. The van der Waals surface area contributed by atoms with Crippen molar-refractivity contribution in [2.24, 2.45) is 0 Å². The second kappa shape index (κ2) is 9.35. The Hall–Kier alpha value is -3.48. The Balaban J connectivity index is 1.68. The van der Waals surface area contributed by atoms with Crippen LogP contribution in [0.25, 0.3) is 0 Å². The van der Waals surface area contributed by atoms with Crippen LogP contribution in [0.15, 0.2) is 48.5 Å². The number of anilines is 1. The van der Waals surface area contributed by atoms with Gasteiger partial charge in [0.05, 0.1) is 11.1 Å². The van der Waals surface area contributed by atoms with Crippen LogP contribution in [0.3, 0.4) is 0 Å². The largest absolute Gasteiger partial charge is 0.454 e. The number of ether oxygens (including phenoxy) is 1. The third-order valence-electron chi connectivity index (χ3n) is 4.89. The van der Waals surface area contributed by atoms with Gasteiger partial charge in [0, 0.05) is 5.69 Å². The Morgan fingerprint density at radius 1 is 1.03 bits per heavy atom. The molecule has 0 unspecified atom stereocenters. The molecule has 3 rings (SSSR count). The van der Waals surface area contributed by atoms with E-state index in [2.05, 4.69) is 5.32 Å². The summed E-state index contributed by atoms with van der Waals surface area (Å²) in [5, 5.41) is 2.66. The van der Waals surface area contributed by atoms with E-state index < -0.39 is 36.3 Å². The van der Waals surface area contributed by atoms with Crippen molar-refractivity contribution in [3.8, 4) is 0 Å². The van der Waals surface area contributed by atoms with Crippen LogP contribution in [0.5, 0.6) is 0 Å². The summed E-state index contributed by atoms with van der Waals surface area (Å²) in [6.45, 7) is 3.34. The predicted octanol–water partition coefficient (Wildman–Crippen LogP) is 3.33. The van der Waals surface area contributed by atoms with Gasteiger partial charge < -0.3 is 10.1 Å². The van der Waals surface area contributed by atoms with E-state index in [0.717, 1.165) is 16.9 Å². The Kier molecular flexibility index (Phi) is 6.61. The second-order valence-corrected chi connectivity index (χ2v) is 7.21. The molecule has 0 aliphatic carbocycles. The number of hydrogen-bond acceptors (Lipinski definition) is 5. The van der Waals surface area contributed by atoms with Crippen molar-refractivity contribution < 1.29 is 23.9 Å². The van der Waals surface area contributed by atoms with E-state index in [0.29, 0.717) is 12.1 Å². The molecule has 1 atom stereocenters. The predicted molar refractivity (Wildman–Crippen MR) is 111 cm³/mol. The molecule has 7 heteroatoms. The fraction of sp³-hybridized carbons (Fsp3) is 0.304. The third-order valence-corrected chi connectivity index (χ3v) is 4.89. The third kappa shape index (κ3) is 4.56. The number of nitrogens with zero attached hydrogens (tertiary/aromatic N) is 1. The number of carbonyl (C=O) groups excluding carboxylic acids is 4. The Morgan fingerprint density at radius 2 is 1.70 bits per heavy atom. The molecule has 0 saturated heterocycles. The molecule has 30 heavy (non-hydrogen) atoms. The van der Waals surface area contributed by atoms with Gasteiger partial charge in [-0.05, 0) is 43.2 Å². The summed E-state index contributed by atoms with van der Waals surface area (Å²) in [7, 11) is 0. The fourth-order valence-electron chi connectivity index (χ4n) is 3.39. The summed E-state index contributed by atoms with van der Waals surface area (Å²) in [5.41, 5.74) is 2.12. The topological polar surface area (TPSA) is 92.8 Å². The van der Waals surface area contributed by atoms with Crippen LogP contribution in [0.4, 0.5) is 5.69 Å². The quantitative estimate of drug-likeness (QED) is 0.534. The maximum Gasteiger partial charge on any atom is 0.329 e. The van der Waals surface area contributed by atoms with Crippen molar-refractivity contribution in [1.82, 2.24) is 4.90 Å². The number of aryl methyl sites for hydroxylation is 1. The number of carbonyl (C=O) groups is 4. The second-order valence-electron chi connectivity index (χ2n) is 7.21. The molecule has 7 nitrogen and oxygen atoms in total. The minimum absolute atomic E-state index is 0.272. The Bertz CT molecular complexity index is 950. The van der Waals surface area contributed by atoms with Gasteiger partial charge in [-0.15, -0.1) is 0 Å². The van der Waals surface area contributed by atoms with Crippen molar-refractivity contribution in [1.29, 1.82) is 0 Å². The number of unbranched alkanes of at least 4 members (excludes halogenated alkanes) is 1. The van der Waals surface area contributed by atoms with Gasteiger partial charge >= 0.3 is 5.97 Å². The summed E-state index contributed by atoms with van der Waals surface area (Å²) in [6, 6.07) is 12.6. The van der Waals surface area contributed by atoms with Gasteiger partial charge in [-0.3, -0.25) is 19.3 Å². The normalized spacial score (nSPS) is 13.7. The lowest BCUT2D eigenvalue weighted by atomic mass is 10.1. The van der Waals surface area contributed by atoms with Crippen molar-refractivity contribution in [2.45, 2.75) is 39.2 Å². The number of amides is 3. The van der Waals surface area contributed by atoms with Crippen LogP contribution in [0.2, 0.25) is 0 Å². The fourth-order valence-corrected chi connectivity index (χ4v) is 3.39. The van der Waals surface area contributed by atoms with E-state index in [1.165, 1.54) is 0 Å². The number of esters is 1. The summed E-state index contributed by atoms with van der Waals surface area (Å²) >= 11 is 0. The first kappa shape index (κ1) is 21.2. The first-order chi connectivity index (χ1) is 14.4. The zero-order valence-electron chi connectivity index (χ0n) is 17.0. The summed E-state index contributed by atoms with van der Waals surface area (Å²) in [5.74, 6) is -2.29. The molecule has 3 amide bonds. The molecule has 1 N–H and O–H groups in total. The molecule has 2 aromatic rings. The highest BCUT2D eigenvalue weighted by molar-refractivity contribution is 6.22. The highest BCUT2D eigenvalue weighted by Crippen LogP contribution is 2.26. The van der Waals surface area contributed by atoms with Crippen LogP contribution in [-0.2, 0) is 14.3 Å². The number of nitrogens with one attached hydrogen (secondary N) is 1. The van der Waals surface area contributed by atoms with Gasteiger partial charge in [0.2, 0.25) is 0 Å². The SMILES string of the molecule is CCCC[C@H](C(=O)OCC(=O)Nc1cccc(C)c1)N1C(=O)c2ccccc2C1=O. The maximum absolute atomic E-state index is 12.7. The maximum atomic E-state index is 12.7. The van der Waals surface area contributed by atoms with Gasteiger partial charge in [-0.1, -0.05) is 44.0 Å². The van der Waals surface area contributed by atoms with Crippen molar-refractivity contribution >= 4 is 29.4 Å². The van der Waals surface area contributed by atoms with E-state index in [9.17, 15) is 19.2 Å². The average molecular weight is 408 g/mol. The van der Waals surface area contributed by atoms with Gasteiger partial charge in [-0.2, -0.15) is 0 Å². The van der Waals surface area contributed by atoms with E-state index in [4.69, 9.17) is 4.74 Å². The molecule has 1 aliphatic heterocycles. The lowest BCUT2D eigenvalue weighted by molar-refractivity contribution is -0.151. The molecule has 156 valence electrons. The van der Waals surface area contributed by atoms with Gasteiger partial charge in [0.1, 0.15) is 6.04 Å². The summed E-state index contributed by atoms with van der Waals surface area (Å²) in [6.07, 6.45) is 1.68. The van der Waals surface area contributed by atoms with Crippen LogP contribution in [0.1, 0.15) is 52.5 Å². The van der Waals surface area contributed by atoms with Gasteiger partial charge in [0.15, 0.2) is 6.61 Å². The molecule has 0 spiro atoms. The van der Waals surface area contributed by atoms with Gasteiger partial charge in [-0.25, -0.2) is 4.79 Å². The first-order valence-corrected chi connectivity index (χ1v) is 9.92. The monoisotopic (exact) mass is 408 g/mol. The van der Waals surface area contributed by atoms with Crippen molar-refractivity contribution in [2.75, 3.05) is 11.9 Å². The average Bonchev–Trinajstić information content (AvgIpc) is 2.98.